The van der Waals surface area contributed by atoms with Crippen molar-refractivity contribution in [2.45, 2.75) is 32.2 Å². The highest BCUT2D eigenvalue weighted by atomic mass is 16.5. The summed E-state index contributed by atoms with van der Waals surface area (Å²) in [7, 11) is 0. The number of carbonyl (C=O) groups is 2. The Labute approximate surface area is 180 Å². The Kier molecular flexibility index (Phi) is 6.56. The number of rotatable bonds is 7. The van der Waals surface area contributed by atoms with E-state index in [1.165, 1.54) is 6.42 Å². The Morgan fingerprint density at radius 2 is 1.74 bits per heavy atom. The summed E-state index contributed by atoms with van der Waals surface area (Å²) >= 11 is 0. The summed E-state index contributed by atoms with van der Waals surface area (Å²) < 4.78 is 7.55. The molecule has 0 saturated heterocycles. The predicted molar refractivity (Wildman–Crippen MR) is 117 cm³/mol. The first kappa shape index (κ1) is 20.6. The normalized spacial score (nSPS) is 13.0. The van der Waals surface area contributed by atoms with Crippen LogP contribution in [0.3, 0.4) is 0 Å². The monoisotopic (exact) mass is 419 g/mol. The molecule has 31 heavy (non-hydrogen) atoms. The van der Waals surface area contributed by atoms with Gasteiger partial charge in [0.15, 0.2) is 12.4 Å². The molecule has 1 aliphatic heterocycles. The molecule has 0 saturated carbocycles. The lowest BCUT2D eigenvalue weighted by Crippen LogP contribution is -2.35. The number of hydrogen-bond donors (Lipinski definition) is 2. The number of fused-ring (bicyclic) bond motifs is 1. The number of benzene rings is 2. The predicted octanol–water partition coefficient (Wildman–Crippen LogP) is 2.81. The van der Waals surface area contributed by atoms with Gasteiger partial charge in [-0.05, 0) is 49.2 Å². The molecule has 2 amide bonds. The van der Waals surface area contributed by atoms with Crippen molar-refractivity contribution in [3.63, 3.8) is 0 Å². The van der Waals surface area contributed by atoms with Crippen LogP contribution in [0.1, 0.15) is 25.1 Å². The molecule has 0 aliphatic carbocycles. The fourth-order valence-corrected chi connectivity index (χ4v) is 3.50. The van der Waals surface area contributed by atoms with Crippen molar-refractivity contribution < 1.29 is 14.3 Å². The van der Waals surface area contributed by atoms with Gasteiger partial charge in [0, 0.05) is 24.2 Å². The van der Waals surface area contributed by atoms with Crippen LogP contribution in [-0.2, 0) is 22.6 Å². The number of anilines is 1. The zero-order valence-electron chi connectivity index (χ0n) is 17.2. The molecule has 1 aromatic heterocycles. The summed E-state index contributed by atoms with van der Waals surface area (Å²) in [5, 5.41) is 14.0. The first-order chi connectivity index (χ1) is 15.2. The van der Waals surface area contributed by atoms with Gasteiger partial charge in [-0.15, -0.1) is 10.2 Å². The summed E-state index contributed by atoms with van der Waals surface area (Å²) in [6.07, 6.45) is 4.46. The van der Waals surface area contributed by atoms with Crippen molar-refractivity contribution in [1.82, 2.24) is 20.1 Å². The number of nitrogens with one attached hydrogen (secondary N) is 2. The third-order valence-electron chi connectivity index (χ3n) is 5.10. The van der Waals surface area contributed by atoms with Gasteiger partial charge in [-0.3, -0.25) is 9.59 Å². The molecule has 0 spiro atoms. The molecule has 2 N–H and O–H groups in total. The third kappa shape index (κ3) is 5.48. The Morgan fingerprint density at radius 3 is 2.55 bits per heavy atom. The fourth-order valence-electron chi connectivity index (χ4n) is 3.50. The van der Waals surface area contributed by atoms with E-state index in [9.17, 15) is 9.59 Å². The maximum absolute atomic E-state index is 12.1. The van der Waals surface area contributed by atoms with E-state index in [1.807, 2.05) is 42.5 Å². The van der Waals surface area contributed by atoms with Crippen molar-refractivity contribution >= 4 is 17.5 Å². The van der Waals surface area contributed by atoms with E-state index in [4.69, 9.17) is 4.74 Å². The molecule has 0 unspecified atom stereocenters. The maximum Gasteiger partial charge on any atom is 0.258 e. The van der Waals surface area contributed by atoms with Gasteiger partial charge in [-0.1, -0.05) is 24.6 Å². The van der Waals surface area contributed by atoms with Crippen LogP contribution >= 0.6 is 0 Å². The fraction of sp³-hybridized carbons (Fsp3) is 0.304. The second-order valence-electron chi connectivity index (χ2n) is 7.41. The molecule has 0 bridgehead atoms. The number of para-hydroxylation sites is 1. The van der Waals surface area contributed by atoms with Gasteiger partial charge in [0.05, 0.1) is 6.54 Å². The number of carbonyl (C=O) groups excluding carboxylic acids is 2. The molecule has 0 atom stereocenters. The van der Waals surface area contributed by atoms with E-state index in [1.54, 1.807) is 12.1 Å². The largest absolute Gasteiger partial charge is 0.484 e. The van der Waals surface area contributed by atoms with E-state index in [0.717, 1.165) is 43.0 Å². The van der Waals surface area contributed by atoms with Gasteiger partial charge >= 0.3 is 0 Å². The molecule has 3 aromatic rings. The lowest BCUT2D eigenvalue weighted by molar-refractivity contribution is -0.125. The number of aryl methyl sites for hydroxylation is 1. The van der Waals surface area contributed by atoms with Crippen LogP contribution in [0.4, 0.5) is 5.69 Å². The Bertz CT molecular complexity index is 1030. The van der Waals surface area contributed by atoms with Gasteiger partial charge in [0.2, 0.25) is 5.91 Å². The van der Waals surface area contributed by atoms with E-state index >= 15 is 0 Å². The van der Waals surface area contributed by atoms with Crippen LogP contribution in [0, 0.1) is 0 Å². The smallest absolute Gasteiger partial charge is 0.258 e. The van der Waals surface area contributed by atoms with Gasteiger partial charge in [-0.25, -0.2) is 0 Å². The molecular weight excluding hydrogens is 394 g/mol. The first-order valence-corrected chi connectivity index (χ1v) is 10.5. The summed E-state index contributed by atoms with van der Waals surface area (Å²) in [6, 6.07) is 16.5. The van der Waals surface area contributed by atoms with Crippen LogP contribution in [0.5, 0.6) is 5.75 Å². The van der Waals surface area contributed by atoms with Crippen LogP contribution in [0.25, 0.3) is 11.4 Å². The van der Waals surface area contributed by atoms with Crippen LogP contribution in [0.15, 0.2) is 54.6 Å². The molecule has 8 heteroatoms. The van der Waals surface area contributed by atoms with Gasteiger partial charge < -0.3 is 19.9 Å². The zero-order valence-corrected chi connectivity index (χ0v) is 17.2. The number of amides is 2. The quantitative estimate of drug-likeness (QED) is 0.614. The molecule has 4 rings (SSSR count). The summed E-state index contributed by atoms with van der Waals surface area (Å²) in [4.78, 5) is 24.0. The number of ether oxygens (including phenoxy) is 1. The zero-order chi connectivity index (χ0) is 21.5. The van der Waals surface area contributed by atoms with E-state index in [0.29, 0.717) is 11.4 Å². The van der Waals surface area contributed by atoms with Crippen LogP contribution < -0.4 is 15.4 Å². The molecule has 160 valence electrons. The van der Waals surface area contributed by atoms with Gasteiger partial charge in [0.1, 0.15) is 11.6 Å². The highest BCUT2D eigenvalue weighted by Crippen LogP contribution is 2.23. The van der Waals surface area contributed by atoms with Gasteiger partial charge in [0.25, 0.3) is 5.91 Å². The van der Waals surface area contributed by atoms with Crippen LogP contribution in [-0.4, -0.2) is 39.7 Å². The molecule has 0 fully saturated rings. The maximum atomic E-state index is 12.1. The molecule has 2 heterocycles. The standard InChI is InChI=1S/C23H25N5O3/c29-21(15-24-22(30)16-31-19-7-3-1-4-8-19)25-18-12-10-17(11-13-18)23-27-26-20-9-5-2-6-14-28(20)23/h1,3-4,7-8,10-13H,2,5-6,9,14-16H2,(H,24,30)(H,25,29). The Hall–Kier alpha value is -3.68. The molecule has 1 aliphatic rings. The second kappa shape index (κ2) is 9.88. The topological polar surface area (TPSA) is 98.1 Å². The second-order valence-corrected chi connectivity index (χ2v) is 7.41. The minimum Gasteiger partial charge on any atom is -0.484 e. The highest BCUT2D eigenvalue weighted by Gasteiger charge is 2.16. The first-order valence-electron chi connectivity index (χ1n) is 10.5. The van der Waals surface area contributed by atoms with E-state index in [-0.39, 0.29) is 25.0 Å². The molecule has 8 nitrogen and oxygen atoms in total. The molecule has 0 radical (unpaired) electrons. The number of hydrogen-bond acceptors (Lipinski definition) is 5. The average Bonchev–Trinajstić information content (AvgIpc) is 3.05. The average molecular weight is 419 g/mol. The van der Waals surface area contributed by atoms with Gasteiger partial charge in [-0.2, -0.15) is 0 Å². The Morgan fingerprint density at radius 1 is 0.935 bits per heavy atom. The SMILES string of the molecule is O=C(COc1ccccc1)NCC(=O)Nc1ccc(-c2nnc3n2CCCCC3)cc1. The lowest BCUT2D eigenvalue weighted by atomic mass is 10.2. The highest BCUT2D eigenvalue weighted by molar-refractivity contribution is 5.94. The lowest BCUT2D eigenvalue weighted by Gasteiger charge is -2.10. The van der Waals surface area contributed by atoms with E-state index in [2.05, 4.69) is 25.4 Å². The van der Waals surface area contributed by atoms with E-state index < -0.39 is 0 Å². The molecular formula is C23H25N5O3. The van der Waals surface area contributed by atoms with Crippen molar-refractivity contribution in [2.24, 2.45) is 0 Å². The number of aromatic nitrogens is 3. The Balaban J connectivity index is 1.26. The summed E-state index contributed by atoms with van der Waals surface area (Å²) in [6.45, 7) is 0.662. The van der Waals surface area contributed by atoms with Crippen molar-refractivity contribution in [3.8, 4) is 17.1 Å². The van der Waals surface area contributed by atoms with Crippen LogP contribution in [0.2, 0.25) is 0 Å². The third-order valence-corrected chi connectivity index (χ3v) is 5.10. The molecule has 2 aromatic carbocycles. The minimum absolute atomic E-state index is 0.129. The summed E-state index contributed by atoms with van der Waals surface area (Å²) in [5.41, 5.74) is 1.61. The summed E-state index contributed by atoms with van der Waals surface area (Å²) in [5.74, 6) is 1.84. The minimum atomic E-state index is -0.359. The number of nitrogens with zero attached hydrogens (tertiary/aromatic N) is 3. The van der Waals surface area contributed by atoms with Crippen molar-refractivity contribution in [3.05, 3.63) is 60.4 Å². The van der Waals surface area contributed by atoms with Crippen molar-refractivity contribution in [1.29, 1.82) is 0 Å². The van der Waals surface area contributed by atoms with Crippen molar-refractivity contribution in [2.75, 3.05) is 18.5 Å².